The van der Waals surface area contributed by atoms with E-state index >= 15 is 0 Å². The number of benzene rings is 1. The zero-order valence-electron chi connectivity index (χ0n) is 11.5. The van der Waals surface area contributed by atoms with Crippen LogP contribution in [0, 0.1) is 0 Å². The maximum atomic E-state index is 11.8. The highest BCUT2D eigenvalue weighted by molar-refractivity contribution is 6.30. The molecule has 3 N–H and O–H groups in total. The summed E-state index contributed by atoms with van der Waals surface area (Å²) in [4.78, 5) is 11.8. The maximum Gasteiger partial charge on any atom is 0.258 e. The third kappa shape index (κ3) is 4.69. The van der Waals surface area contributed by atoms with E-state index in [1.165, 1.54) is 6.42 Å². The van der Waals surface area contributed by atoms with Crippen LogP contribution < -0.4 is 15.8 Å². The Bertz CT molecular complexity index is 442. The molecule has 0 aromatic heterocycles. The van der Waals surface area contributed by atoms with Gasteiger partial charge in [0.1, 0.15) is 5.75 Å². The Morgan fingerprint density at radius 2 is 1.90 bits per heavy atom. The summed E-state index contributed by atoms with van der Waals surface area (Å²) in [5.41, 5.74) is 6.02. The van der Waals surface area contributed by atoms with Crippen LogP contribution in [-0.4, -0.2) is 24.6 Å². The lowest BCUT2D eigenvalue weighted by atomic mass is 9.82. The summed E-state index contributed by atoms with van der Waals surface area (Å²) < 4.78 is 5.38. The van der Waals surface area contributed by atoms with Crippen molar-refractivity contribution in [3.05, 3.63) is 29.3 Å². The molecule has 0 unspecified atom stereocenters. The highest BCUT2D eigenvalue weighted by Crippen LogP contribution is 2.25. The van der Waals surface area contributed by atoms with Gasteiger partial charge in [0.2, 0.25) is 0 Å². The molecule has 0 radical (unpaired) electrons. The maximum absolute atomic E-state index is 11.8. The molecule has 1 aromatic rings. The fourth-order valence-electron chi connectivity index (χ4n) is 2.44. The van der Waals surface area contributed by atoms with E-state index in [9.17, 15) is 4.79 Å². The number of hydrogen-bond donors (Lipinski definition) is 2. The number of ether oxygens (including phenoxy) is 1. The van der Waals surface area contributed by atoms with E-state index < -0.39 is 0 Å². The van der Waals surface area contributed by atoms with Gasteiger partial charge < -0.3 is 15.8 Å². The van der Waals surface area contributed by atoms with Crippen LogP contribution in [-0.2, 0) is 4.79 Å². The number of carbonyl (C=O) groups is 1. The number of halogens is 1. The highest BCUT2D eigenvalue weighted by atomic mass is 35.5. The minimum Gasteiger partial charge on any atom is -0.484 e. The van der Waals surface area contributed by atoms with Gasteiger partial charge in [-0.3, -0.25) is 4.79 Å². The number of nitrogens with one attached hydrogen (secondary N) is 1. The predicted molar refractivity (Wildman–Crippen MR) is 80.0 cm³/mol. The number of amides is 1. The molecular weight excluding hydrogens is 276 g/mol. The molecule has 0 bridgehead atoms. The van der Waals surface area contributed by atoms with Crippen molar-refractivity contribution >= 4 is 17.5 Å². The topological polar surface area (TPSA) is 64.3 Å². The summed E-state index contributed by atoms with van der Waals surface area (Å²) in [5, 5.41) is 3.50. The first-order valence-electron chi connectivity index (χ1n) is 7.01. The van der Waals surface area contributed by atoms with Crippen molar-refractivity contribution in [1.29, 1.82) is 0 Å². The molecule has 1 saturated carbocycles. The first-order chi connectivity index (χ1) is 9.57. The molecule has 2 rings (SSSR count). The van der Waals surface area contributed by atoms with Crippen LogP contribution in [0.4, 0.5) is 0 Å². The third-order valence-corrected chi connectivity index (χ3v) is 3.92. The molecule has 4 nitrogen and oxygen atoms in total. The Morgan fingerprint density at radius 3 is 2.55 bits per heavy atom. The van der Waals surface area contributed by atoms with E-state index in [0.717, 1.165) is 25.7 Å². The molecular formula is C15H21ClN2O2. The van der Waals surface area contributed by atoms with Gasteiger partial charge in [-0.1, -0.05) is 30.9 Å². The lowest BCUT2D eigenvalue weighted by Crippen LogP contribution is -2.51. The SMILES string of the molecule is NC1(CNC(=O)COc2ccc(Cl)cc2)CCCCC1. The molecule has 5 heteroatoms. The van der Waals surface area contributed by atoms with E-state index in [1.807, 2.05) is 0 Å². The van der Waals surface area contributed by atoms with Crippen LogP contribution in [0.3, 0.4) is 0 Å². The van der Waals surface area contributed by atoms with E-state index in [2.05, 4.69) is 5.32 Å². The molecule has 1 aliphatic rings. The summed E-state index contributed by atoms with van der Waals surface area (Å²) in [6, 6.07) is 6.93. The minimum atomic E-state index is -0.242. The van der Waals surface area contributed by atoms with Crippen molar-refractivity contribution in [2.24, 2.45) is 5.73 Å². The van der Waals surface area contributed by atoms with Crippen LogP contribution in [0.5, 0.6) is 5.75 Å². The fraction of sp³-hybridized carbons (Fsp3) is 0.533. The van der Waals surface area contributed by atoms with Crippen LogP contribution in [0.2, 0.25) is 5.02 Å². The second-order valence-corrected chi connectivity index (χ2v) is 5.88. The standard InChI is InChI=1S/C15H21ClN2O2/c16-12-4-6-13(7-5-12)20-10-14(19)18-11-15(17)8-2-1-3-9-15/h4-7H,1-3,8-11,17H2,(H,18,19). The lowest BCUT2D eigenvalue weighted by Gasteiger charge is -2.33. The van der Waals surface area contributed by atoms with E-state index in [1.54, 1.807) is 24.3 Å². The summed E-state index contributed by atoms with van der Waals surface area (Å²) in [6.45, 7) is 0.521. The van der Waals surface area contributed by atoms with E-state index in [4.69, 9.17) is 22.1 Å². The quantitative estimate of drug-likeness (QED) is 0.877. The number of nitrogens with two attached hydrogens (primary N) is 1. The second-order valence-electron chi connectivity index (χ2n) is 5.44. The van der Waals surface area contributed by atoms with Crippen LogP contribution >= 0.6 is 11.6 Å². The molecule has 0 spiro atoms. The highest BCUT2D eigenvalue weighted by Gasteiger charge is 2.27. The third-order valence-electron chi connectivity index (χ3n) is 3.67. The van der Waals surface area contributed by atoms with Crippen LogP contribution in [0.15, 0.2) is 24.3 Å². The smallest absolute Gasteiger partial charge is 0.258 e. The predicted octanol–water partition coefficient (Wildman–Crippen LogP) is 2.50. The van der Waals surface area contributed by atoms with Gasteiger partial charge in [-0.15, -0.1) is 0 Å². The molecule has 20 heavy (non-hydrogen) atoms. The van der Waals surface area contributed by atoms with Crippen molar-refractivity contribution in [3.8, 4) is 5.75 Å². The molecule has 1 aromatic carbocycles. The summed E-state index contributed by atoms with van der Waals surface area (Å²) in [7, 11) is 0. The molecule has 1 aliphatic carbocycles. The Morgan fingerprint density at radius 1 is 1.25 bits per heavy atom. The van der Waals surface area contributed by atoms with Crippen molar-refractivity contribution in [1.82, 2.24) is 5.32 Å². The van der Waals surface area contributed by atoms with Gasteiger partial charge in [0.05, 0.1) is 0 Å². The first kappa shape index (κ1) is 15.1. The first-order valence-corrected chi connectivity index (χ1v) is 7.39. The van der Waals surface area contributed by atoms with Gasteiger partial charge >= 0.3 is 0 Å². The van der Waals surface area contributed by atoms with Gasteiger partial charge in [0.25, 0.3) is 5.91 Å². The Labute approximate surface area is 124 Å². The Balaban J connectivity index is 1.71. The van der Waals surface area contributed by atoms with Gasteiger partial charge in [0, 0.05) is 17.1 Å². The Kier molecular flexibility index (Phi) is 5.26. The lowest BCUT2D eigenvalue weighted by molar-refractivity contribution is -0.123. The van der Waals surface area contributed by atoms with Gasteiger partial charge in [-0.05, 0) is 37.1 Å². The zero-order chi connectivity index (χ0) is 14.4. The van der Waals surface area contributed by atoms with E-state index in [0.29, 0.717) is 17.3 Å². The summed E-state index contributed by atoms with van der Waals surface area (Å²) in [5.74, 6) is 0.486. The molecule has 1 amide bonds. The van der Waals surface area contributed by atoms with E-state index in [-0.39, 0.29) is 18.1 Å². The molecule has 0 heterocycles. The van der Waals surface area contributed by atoms with Crippen molar-refractivity contribution in [3.63, 3.8) is 0 Å². The normalized spacial score (nSPS) is 17.5. The van der Waals surface area contributed by atoms with Gasteiger partial charge in [-0.2, -0.15) is 0 Å². The molecule has 1 fully saturated rings. The number of rotatable bonds is 5. The average Bonchev–Trinajstić information content (AvgIpc) is 2.45. The number of carbonyl (C=O) groups excluding carboxylic acids is 1. The second kappa shape index (κ2) is 6.95. The molecule has 110 valence electrons. The Hall–Kier alpha value is -1.26. The molecule has 0 saturated heterocycles. The number of hydrogen-bond acceptors (Lipinski definition) is 3. The van der Waals surface area contributed by atoms with Crippen molar-refractivity contribution in [2.45, 2.75) is 37.6 Å². The summed E-state index contributed by atoms with van der Waals surface area (Å²) in [6.07, 6.45) is 5.49. The zero-order valence-corrected chi connectivity index (χ0v) is 12.3. The molecule has 0 aliphatic heterocycles. The van der Waals surface area contributed by atoms with Crippen LogP contribution in [0.25, 0.3) is 0 Å². The van der Waals surface area contributed by atoms with Crippen molar-refractivity contribution in [2.75, 3.05) is 13.2 Å². The molecule has 0 atom stereocenters. The van der Waals surface area contributed by atoms with Gasteiger partial charge in [0.15, 0.2) is 6.61 Å². The van der Waals surface area contributed by atoms with Gasteiger partial charge in [-0.25, -0.2) is 0 Å². The van der Waals surface area contributed by atoms with Crippen LogP contribution in [0.1, 0.15) is 32.1 Å². The largest absolute Gasteiger partial charge is 0.484 e. The summed E-state index contributed by atoms with van der Waals surface area (Å²) >= 11 is 5.78. The minimum absolute atomic E-state index is 0.00227. The fourth-order valence-corrected chi connectivity index (χ4v) is 2.56. The average molecular weight is 297 g/mol. The monoisotopic (exact) mass is 296 g/mol. The van der Waals surface area contributed by atoms with Crippen molar-refractivity contribution < 1.29 is 9.53 Å².